The lowest BCUT2D eigenvalue weighted by Crippen LogP contribution is -2.72. The molecule has 5 heterocycles. The van der Waals surface area contributed by atoms with Crippen molar-refractivity contribution in [3.63, 3.8) is 0 Å². The summed E-state index contributed by atoms with van der Waals surface area (Å²) >= 11 is 0. The molecule has 1 aromatic carbocycles. The van der Waals surface area contributed by atoms with Gasteiger partial charge in [-0.05, 0) is 36.8 Å². The van der Waals surface area contributed by atoms with Gasteiger partial charge in [-0.15, -0.1) is 0 Å². The molecule has 1 spiro atoms. The molecule has 1 saturated carbocycles. The molecular weight excluding hydrogens is 300 g/mol. The van der Waals surface area contributed by atoms with E-state index in [0.717, 1.165) is 19.3 Å². The first-order valence-electron chi connectivity index (χ1n) is 9.57. The molecule has 3 unspecified atom stereocenters. The Morgan fingerprint density at radius 3 is 2.79 bits per heavy atom. The van der Waals surface area contributed by atoms with E-state index in [9.17, 15) is 10.2 Å². The van der Waals surface area contributed by atoms with Gasteiger partial charge in [0, 0.05) is 42.1 Å². The molecule has 0 amide bonds. The summed E-state index contributed by atoms with van der Waals surface area (Å²) < 4.78 is 0. The highest BCUT2D eigenvalue weighted by atomic mass is 16.3. The van der Waals surface area contributed by atoms with Crippen molar-refractivity contribution in [2.24, 2.45) is 17.8 Å². The number of hydrogen-bond donors (Lipinski definition) is 2. The molecule has 128 valence electrons. The molecule has 1 aliphatic carbocycles. The third kappa shape index (κ3) is 1.20. The van der Waals surface area contributed by atoms with Crippen molar-refractivity contribution >= 4 is 5.69 Å². The van der Waals surface area contributed by atoms with Crippen LogP contribution in [-0.2, 0) is 5.41 Å². The fourth-order valence-electron chi connectivity index (χ4n) is 7.88. The van der Waals surface area contributed by atoms with Crippen LogP contribution in [-0.4, -0.2) is 52.6 Å². The number of likely N-dealkylation sites (N-methyl/N-ethyl adjacent to an activating group) is 1. The van der Waals surface area contributed by atoms with E-state index in [2.05, 4.69) is 48.0 Å². The van der Waals surface area contributed by atoms with Crippen LogP contribution in [0.25, 0.3) is 0 Å². The predicted molar refractivity (Wildman–Crippen MR) is 91.7 cm³/mol. The van der Waals surface area contributed by atoms with Crippen LogP contribution < -0.4 is 4.90 Å². The van der Waals surface area contributed by atoms with Crippen LogP contribution in [0.3, 0.4) is 0 Å². The van der Waals surface area contributed by atoms with Gasteiger partial charge < -0.3 is 15.1 Å². The van der Waals surface area contributed by atoms with Gasteiger partial charge in [0.25, 0.3) is 0 Å². The van der Waals surface area contributed by atoms with Crippen molar-refractivity contribution in [3.05, 3.63) is 29.8 Å². The Labute approximate surface area is 143 Å². The van der Waals surface area contributed by atoms with Crippen molar-refractivity contribution < 1.29 is 10.2 Å². The average molecular weight is 326 g/mol. The number of para-hydroxylation sites is 1. The SMILES string of the molecule is CC[C@H]1C2C[C@H]3[C@@H]4N(C)c5ccccc5[C@@]45C[C@H](C2[C@H]5O)N3[C@@H]1O. The zero-order valence-corrected chi connectivity index (χ0v) is 14.3. The molecule has 10 atom stereocenters. The molecule has 0 aromatic heterocycles. The lowest BCUT2D eigenvalue weighted by atomic mass is 9.62. The van der Waals surface area contributed by atoms with Crippen molar-refractivity contribution in [3.8, 4) is 0 Å². The minimum atomic E-state index is -0.319. The van der Waals surface area contributed by atoms with E-state index in [1.165, 1.54) is 11.3 Å². The molecule has 5 aliphatic heterocycles. The predicted octanol–water partition coefficient (Wildman–Crippen LogP) is 1.55. The molecular formula is C20H26N2O2. The Balaban J connectivity index is 1.60. The number of rotatable bonds is 1. The second-order valence-corrected chi connectivity index (χ2v) is 8.81. The Hall–Kier alpha value is -1.10. The highest BCUT2D eigenvalue weighted by Gasteiger charge is 2.76. The molecule has 4 nitrogen and oxygen atoms in total. The fraction of sp³-hybridized carbons (Fsp3) is 0.700. The summed E-state index contributed by atoms with van der Waals surface area (Å²) in [6.07, 6.45) is 2.56. The highest BCUT2D eigenvalue weighted by molar-refractivity contribution is 5.67. The number of aliphatic hydroxyl groups is 2. The Morgan fingerprint density at radius 1 is 1.21 bits per heavy atom. The van der Waals surface area contributed by atoms with Crippen LogP contribution in [0.15, 0.2) is 24.3 Å². The summed E-state index contributed by atoms with van der Waals surface area (Å²) in [6.45, 7) is 2.19. The van der Waals surface area contributed by atoms with Gasteiger partial charge in [-0.1, -0.05) is 25.1 Å². The molecule has 5 fully saturated rings. The number of nitrogens with zero attached hydrogens (tertiary/aromatic N) is 2. The van der Waals surface area contributed by atoms with E-state index < -0.39 is 0 Å². The van der Waals surface area contributed by atoms with Crippen LogP contribution in [0, 0.1) is 17.8 Å². The standard InChI is InChI=1S/C20H26N2O2/c1-3-10-11-8-14-17-20(12-6-4-5-7-13(12)21(17)2)9-15(16(11)18(20)23)22(14)19(10)24/h4-7,10-11,14-19,23-24H,3,8-9H2,1-2H3/t10-,11?,14-,15+,16?,17-,18+,19+,20-/m0/s1. The van der Waals surface area contributed by atoms with Crippen molar-refractivity contribution in [1.82, 2.24) is 4.90 Å². The molecule has 4 saturated heterocycles. The first-order valence-corrected chi connectivity index (χ1v) is 9.57. The highest BCUT2D eigenvalue weighted by Crippen LogP contribution is 2.68. The van der Waals surface area contributed by atoms with Crippen LogP contribution in [0.1, 0.15) is 31.7 Å². The maximum absolute atomic E-state index is 11.6. The summed E-state index contributed by atoms with van der Waals surface area (Å²) in [7, 11) is 2.19. The number of fused-ring (bicyclic) bond motifs is 2. The minimum absolute atomic E-state index is 0.126. The molecule has 1 aromatic rings. The average Bonchev–Trinajstić information content (AvgIpc) is 2.97. The van der Waals surface area contributed by atoms with Gasteiger partial charge in [-0.2, -0.15) is 0 Å². The number of piperidine rings is 4. The lowest BCUT2D eigenvalue weighted by Gasteiger charge is -2.62. The summed E-state index contributed by atoms with van der Waals surface area (Å²) in [6, 6.07) is 9.70. The second kappa shape index (κ2) is 4.17. The van der Waals surface area contributed by atoms with E-state index in [0.29, 0.717) is 35.9 Å². The zero-order chi connectivity index (χ0) is 16.4. The van der Waals surface area contributed by atoms with E-state index in [1.807, 2.05) is 0 Å². The van der Waals surface area contributed by atoms with Crippen molar-refractivity contribution in [2.45, 2.75) is 62.1 Å². The second-order valence-electron chi connectivity index (χ2n) is 8.81. The zero-order valence-electron chi connectivity index (χ0n) is 14.3. The molecule has 2 N–H and O–H groups in total. The van der Waals surface area contributed by atoms with Gasteiger partial charge in [0.05, 0.1) is 12.1 Å². The van der Waals surface area contributed by atoms with Crippen LogP contribution >= 0.6 is 0 Å². The Bertz CT molecular complexity index is 723. The van der Waals surface area contributed by atoms with Gasteiger partial charge in [-0.25, -0.2) is 0 Å². The Morgan fingerprint density at radius 2 is 2.00 bits per heavy atom. The number of aliphatic hydroxyl groups excluding tert-OH is 2. The molecule has 4 heteroatoms. The minimum Gasteiger partial charge on any atom is -0.392 e. The number of benzene rings is 1. The number of anilines is 1. The van der Waals surface area contributed by atoms with Crippen molar-refractivity contribution in [2.75, 3.05) is 11.9 Å². The van der Waals surface area contributed by atoms with Gasteiger partial charge in [-0.3, -0.25) is 4.90 Å². The monoisotopic (exact) mass is 326 g/mol. The third-order valence-corrected chi connectivity index (χ3v) is 8.46. The molecule has 0 radical (unpaired) electrons. The van der Waals surface area contributed by atoms with Gasteiger partial charge in [0.1, 0.15) is 6.23 Å². The summed E-state index contributed by atoms with van der Waals surface area (Å²) in [5, 5.41) is 22.6. The number of hydrogen-bond acceptors (Lipinski definition) is 4. The van der Waals surface area contributed by atoms with E-state index in [4.69, 9.17) is 0 Å². The van der Waals surface area contributed by atoms with Gasteiger partial charge in [0.2, 0.25) is 0 Å². The molecule has 5 bridgehead atoms. The summed E-state index contributed by atoms with van der Waals surface area (Å²) in [5.74, 6) is 1.14. The first-order chi connectivity index (χ1) is 11.6. The van der Waals surface area contributed by atoms with E-state index in [-0.39, 0.29) is 17.7 Å². The Kier molecular flexibility index (Phi) is 2.45. The first kappa shape index (κ1) is 14.1. The molecule has 24 heavy (non-hydrogen) atoms. The van der Waals surface area contributed by atoms with Gasteiger partial charge >= 0.3 is 0 Å². The summed E-state index contributed by atoms with van der Waals surface area (Å²) in [5.41, 5.74) is 2.51. The lowest BCUT2D eigenvalue weighted by molar-refractivity contribution is -0.211. The topological polar surface area (TPSA) is 46.9 Å². The molecule has 6 aliphatic rings. The van der Waals surface area contributed by atoms with Crippen LogP contribution in [0.2, 0.25) is 0 Å². The fourth-order valence-corrected chi connectivity index (χ4v) is 7.88. The summed E-state index contributed by atoms with van der Waals surface area (Å²) in [4.78, 5) is 4.83. The van der Waals surface area contributed by atoms with E-state index in [1.54, 1.807) is 0 Å². The smallest absolute Gasteiger partial charge is 0.111 e. The van der Waals surface area contributed by atoms with Crippen molar-refractivity contribution in [1.29, 1.82) is 0 Å². The normalized spacial score (nSPS) is 55.8. The van der Waals surface area contributed by atoms with Gasteiger partial charge in [0.15, 0.2) is 0 Å². The third-order valence-electron chi connectivity index (χ3n) is 8.46. The van der Waals surface area contributed by atoms with Crippen LogP contribution in [0.5, 0.6) is 0 Å². The largest absolute Gasteiger partial charge is 0.392 e. The van der Waals surface area contributed by atoms with E-state index >= 15 is 0 Å². The maximum Gasteiger partial charge on any atom is 0.111 e. The van der Waals surface area contributed by atoms with Crippen LogP contribution in [0.4, 0.5) is 5.69 Å². The molecule has 7 rings (SSSR count). The maximum atomic E-state index is 11.6. The quantitative estimate of drug-likeness (QED) is 0.822.